The van der Waals surface area contributed by atoms with E-state index in [1.165, 1.54) is 13.3 Å². The number of hydrogen-bond acceptors (Lipinski definition) is 4. The number of halogens is 2. The molecule has 0 radical (unpaired) electrons. The predicted octanol–water partition coefficient (Wildman–Crippen LogP) is 3.15. The average molecular weight is 343 g/mol. The minimum atomic E-state index is -0.375. The first kappa shape index (κ1) is 13.8. The molecule has 2 rings (SSSR count). The molecule has 0 aliphatic carbocycles. The lowest BCUT2D eigenvalue weighted by atomic mass is 10.2. The average Bonchev–Trinajstić information content (AvgIpc) is 2.41. The molecule has 1 amide bonds. The van der Waals surface area contributed by atoms with E-state index in [0.29, 0.717) is 5.69 Å². The van der Waals surface area contributed by atoms with Crippen molar-refractivity contribution in [1.82, 2.24) is 9.97 Å². The Bertz CT molecular complexity index is 622. The van der Waals surface area contributed by atoms with Crippen molar-refractivity contribution < 1.29 is 9.53 Å². The molecule has 5 nitrogen and oxygen atoms in total. The minimum absolute atomic E-state index is 0.0225. The van der Waals surface area contributed by atoms with Gasteiger partial charge in [0.05, 0.1) is 12.8 Å². The van der Waals surface area contributed by atoms with Crippen molar-refractivity contribution in [2.45, 2.75) is 0 Å². The molecule has 0 spiro atoms. The van der Waals surface area contributed by atoms with E-state index in [1.54, 1.807) is 6.07 Å². The van der Waals surface area contributed by atoms with E-state index < -0.39 is 0 Å². The summed E-state index contributed by atoms with van der Waals surface area (Å²) in [5, 5.41) is 2.75. The molecule has 1 N–H and O–H groups in total. The topological polar surface area (TPSA) is 64.1 Å². The number of amides is 1. The zero-order valence-electron chi connectivity index (χ0n) is 9.85. The number of anilines is 1. The molecule has 1 aromatic carbocycles. The molecule has 2 aromatic rings. The monoisotopic (exact) mass is 341 g/mol. The van der Waals surface area contributed by atoms with Crippen LogP contribution in [0.1, 0.15) is 10.4 Å². The molecule has 7 heteroatoms. The molecular weight excluding hydrogens is 334 g/mol. The van der Waals surface area contributed by atoms with E-state index in [1.807, 2.05) is 18.2 Å². The van der Waals surface area contributed by atoms with Gasteiger partial charge in [0.2, 0.25) is 11.2 Å². The zero-order chi connectivity index (χ0) is 13.8. The van der Waals surface area contributed by atoms with Crippen LogP contribution in [-0.4, -0.2) is 23.0 Å². The first-order chi connectivity index (χ1) is 9.11. The predicted molar refractivity (Wildman–Crippen MR) is 75.7 cm³/mol. The van der Waals surface area contributed by atoms with Gasteiger partial charge in [-0.2, -0.15) is 4.98 Å². The van der Waals surface area contributed by atoms with E-state index in [4.69, 9.17) is 16.3 Å². The summed E-state index contributed by atoms with van der Waals surface area (Å²) in [5.41, 5.74) is 0.854. The molecule has 0 unspecified atom stereocenters. The van der Waals surface area contributed by atoms with Crippen molar-refractivity contribution >= 4 is 39.1 Å². The largest absolute Gasteiger partial charge is 0.480 e. The summed E-state index contributed by atoms with van der Waals surface area (Å²) in [6.45, 7) is 0. The lowest BCUT2D eigenvalue weighted by Gasteiger charge is -2.09. The fourth-order valence-electron chi connectivity index (χ4n) is 1.41. The fraction of sp³-hybridized carbons (Fsp3) is 0.0833. The second-order valence-corrected chi connectivity index (χ2v) is 4.69. The molecule has 98 valence electrons. The third-order valence-corrected chi connectivity index (χ3v) is 3.16. The molecule has 1 heterocycles. The van der Waals surface area contributed by atoms with Gasteiger partial charge in [0.1, 0.15) is 5.56 Å². The number of rotatable bonds is 3. The third-order valence-electron chi connectivity index (χ3n) is 2.28. The number of hydrogen-bond donors (Lipinski definition) is 1. The number of carbonyl (C=O) groups is 1. The Balaban J connectivity index is 2.28. The van der Waals surface area contributed by atoms with Crippen molar-refractivity contribution in [2.24, 2.45) is 0 Å². The van der Waals surface area contributed by atoms with Gasteiger partial charge in [-0.05, 0) is 39.7 Å². The number of aromatic nitrogens is 2. The van der Waals surface area contributed by atoms with Gasteiger partial charge in [0, 0.05) is 10.7 Å². The van der Waals surface area contributed by atoms with Crippen molar-refractivity contribution in [3.05, 3.63) is 45.8 Å². The summed E-state index contributed by atoms with van der Waals surface area (Å²) in [6.07, 6.45) is 1.32. The summed E-state index contributed by atoms with van der Waals surface area (Å²) < 4.78 is 5.78. The van der Waals surface area contributed by atoms with E-state index in [0.717, 1.165) is 4.47 Å². The Labute approximate surface area is 123 Å². The van der Waals surface area contributed by atoms with E-state index in [-0.39, 0.29) is 22.6 Å². The van der Waals surface area contributed by atoms with E-state index >= 15 is 0 Å². The highest BCUT2D eigenvalue weighted by Crippen LogP contribution is 2.23. The smallest absolute Gasteiger partial charge is 0.262 e. The summed E-state index contributed by atoms with van der Waals surface area (Å²) in [7, 11) is 1.41. The maximum atomic E-state index is 12.1. The standard InChI is InChI=1S/C12H9BrClN3O2/c1-19-11-7(6-15-12(14)17-11)10(18)16-9-5-3-2-4-8(9)13/h2-6H,1H3,(H,16,18). The number of nitrogens with one attached hydrogen (secondary N) is 1. The lowest BCUT2D eigenvalue weighted by Crippen LogP contribution is -2.14. The first-order valence-electron chi connectivity index (χ1n) is 5.24. The van der Waals surface area contributed by atoms with Gasteiger partial charge in [-0.1, -0.05) is 12.1 Å². The number of nitrogens with zero attached hydrogens (tertiary/aromatic N) is 2. The highest BCUT2D eigenvalue weighted by Gasteiger charge is 2.16. The molecule has 19 heavy (non-hydrogen) atoms. The van der Waals surface area contributed by atoms with Crippen LogP contribution in [0.2, 0.25) is 5.28 Å². The number of benzene rings is 1. The molecule has 0 saturated carbocycles. The molecule has 0 atom stereocenters. The fourth-order valence-corrected chi connectivity index (χ4v) is 1.92. The summed E-state index contributed by atoms with van der Waals surface area (Å²) in [4.78, 5) is 19.7. The number of methoxy groups -OCH3 is 1. The Morgan fingerprint density at radius 3 is 2.84 bits per heavy atom. The summed E-state index contributed by atoms with van der Waals surface area (Å²) in [5.74, 6) is -0.245. The number of ether oxygens (including phenoxy) is 1. The van der Waals surface area contributed by atoms with Crippen molar-refractivity contribution in [2.75, 3.05) is 12.4 Å². The van der Waals surface area contributed by atoms with Crippen LogP contribution in [0.15, 0.2) is 34.9 Å². The van der Waals surface area contributed by atoms with Crippen LogP contribution >= 0.6 is 27.5 Å². The van der Waals surface area contributed by atoms with Gasteiger partial charge in [0.15, 0.2) is 0 Å². The summed E-state index contributed by atoms with van der Waals surface area (Å²) in [6, 6.07) is 7.26. The minimum Gasteiger partial charge on any atom is -0.480 e. The van der Waals surface area contributed by atoms with Gasteiger partial charge in [-0.15, -0.1) is 0 Å². The van der Waals surface area contributed by atoms with E-state index in [9.17, 15) is 4.79 Å². The summed E-state index contributed by atoms with van der Waals surface area (Å²) >= 11 is 8.99. The van der Waals surface area contributed by atoms with Crippen molar-refractivity contribution in [1.29, 1.82) is 0 Å². The van der Waals surface area contributed by atoms with E-state index in [2.05, 4.69) is 31.2 Å². The quantitative estimate of drug-likeness (QED) is 0.870. The van der Waals surface area contributed by atoms with Gasteiger partial charge in [0.25, 0.3) is 5.91 Å². The first-order valence-corrected chi connectivity index (χ1v) is 6.41. The van der Waals surface area contributed by atoms with Crippen LogP contribution in [0.25, 0.3) is 0 Å². The molecule has 1 aromatic heterocycles. The van der Waals surface area contributed by atoms with Crippen LogP contribution in [-0.2, 0) is 0 Å². The molecule has 0 fully saturated rings. The Morgan fingerprint density at radius 2 is 2.16 bits per heavy atom. The molecule has 0 aliphatic heterocycles. The number of para-hydroxylation sites is 1. The Kier molecular flexibility index (Phi) is 4.34. The van der Waals surface area contributed by atoms with Gasteiger partial charge >= 0.3 is 0 Å². The van der Waals surface area contributed by atoms with Crippen LogP contribution < -0.4 is 10.1 Å². The lowest BCUT2D eigenvalue weighted by molar-refractivity contribution is 0.102. The third kappa shape index (κ3) is 3.21. The van der Waals surface area contributed by atoms with Crippen molar-refractivity contribution in [3.8, 4) is 5.88 Å². The maximum absolute atomic E-state index is 12.1. The Morgan fingerprint density at radius 1 is 1.42 bits per heavy atom. The normalized spacial score (nSPS) is 10.1. The Hall–Kier alpha value is -1.66. The molecule has 0 aliphatic rings. The second-order valence-electron chi connectivity index (χ2n) is 3.50. The molecule has 0 bridgehead atoms. The van der Waals surface area contributed by atoms with Crippen LogP contribution in [0.5, 0.6) is 5.88 Å². The van der Waals surface area contributed by atoms with Crippen LogP contribution in [0, 0.1) is 0 Å². The maximum Gasteiger partial charge on any atom is 0.262 e. The number of carbonyl (C=O) groups excluding carboxylic acids is 1. The van der Waals surface area contributed by atoms with Gasteiger partial charge < -0.3 is 10.1 Å². The van der Waals surface area contributed by atoms with Crippen molar-refractivity contribution in [3.63, 3.8) is 0 Å². The van der Waals surface area contributed by atoms with Crippen LogP contribution in [0.4, 0.5) is 5.69 Å². The van der Waals surface area contributed by atoms with Crippen LogP contribution in [0.3, 0.4) is 0 Å². The molecular formula is C12H9BrClN3O2. The second kappa shape index (κ2) is 5.99. The van der Waals surface area contributed by atoms with Gasteiger partial charge in [-0.3, -0.25) is 4.79 Å². The SMILES string of the molecule is COc1nc(Cl)ncc1C(=O)Nc1ccccc1Br. The molecule has 0 saturated heterocycles. The van der Waals surface area contributed by atoms with Gasteiger partial charge in [-0.25, -0.2) is 4.98 Å². The highest BCUT2D eigenvalue weighted by atomic mass is 79.9. The highest BCUT2D eigenvalue weighted by molar-refractivity contribution is 9.10. The zero-order valence-corrected chi connectivity index (χ0v) is 12.2.